The zero-order chi connectivity index (χ0) is 30.4. The van der Waals surface area contributed by atoms with Crippen molar-refractivity contribution >= 4 is 43.9 Å². The van der Waals surface area contributed by atoms with E-state index in [-0.39, 0.29) is 0 Å². The van der Waals surface area contributed by atoms with Gasteiger partial charge < -0.3 is 16.2 Å². The van der Waals surface area contributed by atoms with Crippen molar-refractivity contribution in [1.82, 2.24) is 9.97 Å². The van der Waals surface area contributed by atoms with E-state index in [0.29, 0.717) is 12.2 Å². The minimum absolute atomic E-state index is 0.438. The van der Waals surface area contributed by atoms with E-state index in [9.17, 15) is 0 Å². The number of nitrogen functional groups attached to an aromatic ring is 1. The maximum atomic E-state index is 6.53. The Balaban J connectivity index is 0.000000303. The third kappa shape index (κ3) is 11.0. The van der Waals surface area contributed by atoms with Gasteiger partial charge in [-0.15, -0.1) is 0 Å². The van der Waals surface area contributed by atoms with E-state index >= 15 is 0 Å². The fraction of sp³-hybridized carbons (Fsp3) is 0.485. The second-order valence-corrected chi connectivity index (χ2v) is 12.0. The number of ether oxygens (including phenoxy) is 1. The summed E-state index contributed by atoms with van der Waals surface area (Å²) in [4.78, 5) is 13.0. The summed E-state index contributed by atoms with van der Waals surface area (Å²) in [7, 11) is 2.69. The largest absolute Gasteiger partial charge is 0.399 e. The second-order valence-electron chi connectivity index (χ2n) is 10.4. The minimum Gasteiger partial charge on any atom is -0.399 e. The molecule has 0 spiro atoms. The second kappa shape index (κ2) is 18.1. The summed E-state index contributed by atoms with van der Waals surface area (Å²) in [6.45, 7) is 14.5. The van der Waals surface area contributed by atoms with E-state index in [2.05, 4.69) is 58.0 Å². The normalized spacial score (nSPS) is 18.6. The van der Waals surface area contributed by atoms with Crippen LogP contribution in [0.2, 0.25) is 0 Å². The van der Waals surface area contributed by atoms with Crippen LogP contribution in [0.3, 0.4) is 0 Å². The molecule has 6 nitrogen and oxygen atoms in total. The minimum atomic E-state index is 0.438. The number of benzene rings is 1. The number of nitrogens with zero attached hydrogens (tertiary/aromatic N) is 3. The maximum Gasteiger partial charge on any atom is 0.116 e. The number of unbranched alkanes of at least 4 members (excludes halogenated alkanes) is 1. The Kier molecular flexibility index (Phi) is 15.4. The molecule has 3 rings (SSSR count). The average molecular weight is 596 g/mol. The lowest BCUT2D eigenvalue weighted by Crippen LogP contribution is -2.13. The molecule has 3 atom stereocenters. The zero-order valence-corrected chi connectivity index (χ0v) is 28.0. The highest BCUT2D eigenvalue weighted by Gasteiger charge is 2.21. The molecule has 0 bridgehead atoms. The first-order chi connectivity index (χ1) is 19.6. The molecule has 3 unspecified atom stereocenters. The topological polar surface area (TPSA) is 99.4 Å². The average Bonchev–Trinajstić information content (AvgIpc) is 3.37. The van der Waals surface area contributed by atoms with Crippen LogP contribution in [0, 0.1) is 6.92 Å². The molecule has 0 aliphatic carbocycles. The van der Waals surface area contributed by atoms with Gasteiger partial charge in [0, 0.05) is 51.6 Å². The monoisotopic (exact) mass is 595 g/mol. The number of rotatable bonds is 11. The van der Waals surface area contributed by atoms with Gasteiger partial charge in [-0.3, -0.25) is 4.99 Å². The van der Waals surface area contributed by atoms with Crippen LogP contribution in [0.15, 0.2) is 64.2 Å². The fourth-order valence-corrected chi connectivity index (χ4v) is 6.22. The Hall–Kier alpha value is -2.47. The van der Waals surface area contributed by atoms with E-state index in [1.807, 2.05) is 63.0 Å². The quantitative estimate of drug-likeness (QED) is 0.120. The van der Waals surface area contributed by atoms with E-state index < -0.39 is 0 Å². The molecular weight excluding hydrogens is 545 g/mol. The molecule has 2 heterocycles. The number of anilines is 1. The van der Waals surface area contributed by atoms with Crippen LogP contribution in [-0.4, -0.2) is 34.1 Å². The number of aromatic nitrogens is 2. The van der Waals surface area contributed by atoms with Gasteiger partial charge in [-0.2, -0.15) is 11.8 Å². The lowest BCUT2D eigenvalue weighted by Gasteiger charge is -2.18. The summed E-state index contributed by atoms with van der Waals surface area (Å²) >= 11 is 1.92. The van der Waals surface area contributed by atoms with Crippen LogP contribution >= 0.6 is 21.0 Å². The first kappa shape index (κ1) is 34.7. The number of aliphatic imine (C=N–C) groups is 1. The molecule has 1 aromatic heterocycles. The SMILES string of the molecule is CC=N/C(C)=C(C(=C\CCC)/c1ccc(N)cc1)\C(N)=C(/C)CC.Cc1ncnc(P)c1CSCC1CCC(C)O1. The summed E-state index contributed by atoms with van der Waals surface area (Å²) in [5, 5.41) is 0. The highest BCUT2D eigenvalue weighted by Crippen LogP contribution is 2.33. The lowest BCUT2D eigenvalue weighted by atomic mass is 9.90. The molecule has 2 aromatic rings. The van der Waals surface area contributed by atoms with Gasteiger partial charge in [0.25, 0.3) is 0 Å². The van der Waals surface area contributed by atoms with Crippen LogP contribution in [-0.2, 0) is 10.5 Å². The molecule has 224 valence electrons. The molecule has 0 radical (unpaired) electrons. The van der Waals surface area contributed by atoms with E-state index in [1.165, 1.54) is 24.0 Å². The van der Waals surface area contributed by atoms with Crippen molar-refractivity contribution in [3.8, 4) is 0 Å². The molecule has 1 aliphatic heterocycles. The first-order valence-electron chi connectivity index (χ1n) is 14.6. The predicted octanol–water partition coefficient (Wildman–Crippen LogP) is 7.55. The summed E-state index contributed by atoms with van der Waals surface area (Å²) < 4.78 is 5.80. The van der Waals surface area contributed by atoms with Gasteiger partial charge in [0.15, 0.2) is 0 Å². The molecule has 41 heavy (non-hydrogen) atoms. The highest BCUT2D eigenvalue weighted by molar-refractivity contribution is 7.98. The molecule has 0 saturated carbocycles. The van der Waals surface area contributed by atoms with Crippen molar-refractivity contribution in [3.05, 3.63) is 76.0 Å². The number of allylic oxidation sites excluding steroid dienone is 4. The standard InChI is InChI=1S/C21H31N3.C12H19N2OPS/c1-6-9-10-19(17-11-13-18(22)14-12-17)20(16(5)24-8-3)21(23)15(4)7-2;1-8-3-4-10(15-8)5-17-6-11-9(2)13-7-14-12(11)16/h8,10-14H,6-7,9,22-23H2,1-5H3;7-8,10H,3-6,16H2,1-2H3/b19-10-,20-16-,21-15-,24-8?;. The van der Waals surface area contributed by atoms with Crippen LogP contribution in [0.4, 0.5) is 5.69 Å². The molecule has 0 amide bonds. The fourth-order valence-electron chi connectivity index (χ4n) is 4.51. The van der Waals surface area contributed by atoms with Crippen LogP contribution in [0.25, 0.3) is 5.57 Å². The van der Waals surface area contributed by atoms with Crippen molar-refractivity contribution in [2.75, 3.05) is 11.5 Å². The first-order valence-corrected chi connectivity index (χ1v) is 16.4. The Morgan fingerprint density at radius 2 is 1.88 bits per heavy atom. The molecule has 4 N–H and O–H groups in total. The van der Waals surface area contributed by atoms with E-state index in [1.54, 1.807) is 6.33 Å². The number of hydrogen-bond acceptors (Lipinski definition) is 7. The van der Waals surface area contributed by atoms with Gasteiger partial charge in [0.2, 0.25) is 0 Å². The molecule has 1 aromatic carbocycles. The van der Waals surface area contributed by atoms with E-state index in [0.717, 1.165) is 75.7 Å². The number of nitrogens with two attached hydrogens (primary N) is 2. The van der Waals surface area contributed by atoms with Gasteiger partial charge in [0.05, 0.1) is 17.6 Å². The van der Waals surface area contributed by atoms with Gasteiger partial charge >= 0.3 is 0 Å². The van der Waals surface area contributed by atoms with Crippen molar-refractivity contribution < 1.29 is 4.74 Å². The third-order valence-electron chi connectivity index (χ3n) is 7.14. The van der Waals surface area contributed by atoms with Crippen molar-refractivity contribution in [2.24, 2.45) is 10.7 Å². The van der Waals surface area contributed by atoms with Gasteiger partial charge in [-0.1, -0.05) is 47.7 Å². The molecule has 8 heteroatoms. The van der Waals surface area contributed by atoms with E-state index in [4.69, 9.17) is 16.2 Å². The molecular formula is C33H50N5OPS. The summed E-state index contributed by atoms with van der Waals surface area (Å²) in [5.74, 6) is 2.04. The van der Waals surface area contributed by atoms with Crippen molar-refractivity contribution in [1.29, 1.82) is 0 Å². The van der Waals surface area contributed by atoms with Crippen molar-refractivity contribution in [2.45, 2.75) is 98.5 Å². The number of aryl methyl sites for hydroxylation is 1. The van der Waals surface area contributed by atoms with Gasteiger partial charge in [0.1, 0.15) is 6.33 Å². The zero-order valence-electron chi connectivity index (χ0n) is 26.0. The molecule has 1 fully saturated rings. The van der Waals surface area contributed by atoms with Gasteiger partial charge in [-0.25, -0.2) is 9.97 Å². The Morgan fingerprint density at radius 1 is 1.17 bits per heavy atom. The van der Waals surface area contributed by atoms with Crippen molar-refractivity contribution in [3.63, 3.8) is 0 Å². The Morgan fingerprint density at radius 3 is 2.44 bits per heavy atom. The number of hydrogen-bond donors (Lipinski definition) is 2. The maximum absolute atomic E-state index is 6.53. The number of thioether (sulfide) groups is 1. The molecule has 1 aliphatic rings. The van der Waals surface area contributed by atoms with Crippen LogP contribution in [0.5, 0.6) is 0 Å². The van der Waals surface area contributed by atoms with Crippen LogP contribution in [0.1, 0.15) is 90.5 Å². The highest BCUT2D eigenvalue weighted by atomic mass is 32.2. The Labute approximate surface area is 254 Å². The summed E-state index contributed by atoms with van der Waals surface area (Å²) in [6, 6.07) is 7.96. The summed E-state index contributed by atoms with van der Waals surface area (Å²) in [6.07, 6.45) is 12.0. The lowest BCUT2D eigenvalue weighted by molar-refractivity contribution is 0.0700. The Bertz CT molecular complexity index is 1220. The third-order valence-corrected chi connectivity index (χ3v) is 8.73. The van der Waals surface area contributed by atoms with Crippen LogP contribution < -0.4 is 16.9 Å². The smallest absolute Gasteiger partial charge is 0.116 e. The molecule has 1 saturated heterocycles. The van der Waals surface area contributed by atoms with Gasteiger partial charge in [-0.05, 0) is 89.1 Å². The summed E-state index contributed by atoms with van der Waals surface area (Å²) in [5.41, 5.74) is 22.7. The predicted molar refractivity (Wildman–Crippen MR) is 184 cm³/mol.